The van der Waals surface area contributed by atoms with Crippen LogP contribution < -0.4 is 5.32 Å². The van der Waals surface area contributed by atoms with Crippen LogP contribution in [0.25, 0.3) is 0 Å². The summed E-state index contributed by atoms with van der Waals surface area (Å²) in [6, 6.07) is 0.307. The van der Waals surface area contributed by atoms with E-state index in [0.717, 1.165) is 25.7 Å². The molecule has 5 nitrogen and oxygen atoms in total. The van der Waals surface area contributed by atoms with E-state index in [9.17, 15) is 14.7 Å². The van der Waals surface area contributed by atoms with Crippen LogP contribution in [0.4, 0.5) is 0 Å². The van der Waals surface area contributed by atoms with E-state index in [-0.39, 0.29) is 36.0 Å². The molecule has 2 rings (SSSR count). The van der Waals surface area contributed by atoms with Gasteiger partial charge in [-0.15, -0.1) is 0 Å². The number of nitrogens with one attached hydrogen (secondary N) is 1. The minimum Gasteiger partial charge on any atom is -0.481 e. The predicted molar refractivity (Wildman–Crippen MR) is 76.4 cm³/mol. The lowest BCUT2D eigenvalue weighted by molar-refractivity contribution is -0.143. The third-order valence-electron chi connectivity index (χ3n) is 5.07. The molecule has 2 saturated heterocycles. The fourth-order valence-electron chi connectivity index (χ4n) is 3.85. The van der Waals surface area contributed by atoms with Crippen molar-refractivity contribution < 1.29 is 14.7 Å². The molecule has 2 N–H and O–H groups in total. The number of carbonyl (C=O) groups is 2. The Morgan fingerprint density at radius 2 is 1.95 bits per heavy atom. The summed E-state index contributed by atoms with van der Waals surface area (Å²) < 4.78 is 0. The van der Waals surface area contributed by atoms with Crippen molar-refractivity contribution in [2.45, 2.75) is 77.0 Å². The van der Waals surface area contributed by atoms with E-state index in [1.54, 1.807) is 0 Å². The first-order valence-corrected chi connectivity index (χ1v) is 7.80. The zero-order valence-electron chi connectivity index (χ0n) is 12.6. The molecule has 0 radical (unpaired) electrons. The van der Waals surface area contributed by atoms with Gasteiger partial charge in [0.05, 0.1) is 12.0 Å². The maximum atomic E-state index is 12.4. The molecular weight excluding hydrogens is 256 g/mol. The Labute approximate surface area is 120 Å². The minimum absolute atomic E-state index is 0.0416. The normalized spacial score (nSPS) is 30.7. The van der Waals surface area contributed by atoms with E-state index in [2.05, 4.69) is 24.1 Å². The highest BCUT2D eigenvalue weighted by atomic mass is 16.4. The fourth-order valence-corrected chi connectivity index (χ4v) is 3.85. The molecule has 114 valence electrons. The Morgan fingerprint density at radius 1 is 1.30 bits per heavy atom. The predicted octanol–water partition coefficient (Wildman–Crippen LogP) is 1.62. The average Bonchev–Trinajstić information content (AvgIpc) is 3.01. The van der Waals surface area contributed by atoms with Crippen molar-refractivity contribution in [3.05, 3.63) is 0 Å². The van der Waals surface area contributed by atoms with Gasteiger partial charge in [0.2, 0.25) is 5.91 Å². The molecule has 4 unspecified atom stereocenters. The van der Waals surface area contributed by atoms with Gasteiger partial charge in [-0.2, -0.15) is 0 Å². The lowest BCUT2D eigenvalue weighted by Crippen LogP contribution is -2.50. The summed E-state index contributed by atoms with van der Waals surface area (Å²) >= 11 is 0. The first kappa shape index (κ1) is 15.3. The largest absolute Gasteiger partial charge is 0.481 e. The molecule has 1 amide bonds. The second-order valence-electron chi connectivity index (χ2n) is 6.12. The van der Waals surface area contributed by atoms with Gasteiger partial charge >= 0.3 is 5.97 Å². The van der Waals surface area contributed by atoms with Crippen LogP contribution in [0.5, 0.6) is 0 Å². The highest BCUT2D eigenvalue weighted by Crippen LogP contribution is 2.43. The monoisotopic (exact) mass is 282 g/mol. The van der Waals surface area contributed by atoms with Crippen LogP contribution in [0, 0.1) is 5.92 Å². The van der Waals surface area contributed by atoms with Crippen LogP contribution in [0.3, 0.4) is 0 Å². The number of aliphatic carboxylic acids is 1. The third-order valence-corrected chi connectivity index (χ3v) is 5.07. The van der Waals surface area contributed by atoms with Crippen molar-refractivity contribution in [1.29, 1.82) is 0 Å². The number of hydrogen-bond donors (Lipinski definition) is 2. The molecule has 0 aromatic rings. The van der Waals surface area contributed by atoms with E-state index in [0.29, 0.717) is 6.42 Å². The van der Waals surface area contributed by atoms with Crippen molar-refractivity contribution in [1.82, 2.24) is 10.2 Å². The molecule has 0 saturated carbocycles. The van der Waals surface area contributed by atoms with Gasteiger partial charge in [-0.05, 0) is 39.0 Å². The van der Waals surface area contributed by atoms with Crippen LogP contribution in [-0.4, -0.2) is 46.1 Å². The van der Waals surface area contributed by atoms with Gasteiger partial charge in [-0.25, -0.2) is 0 Å². The number of fused-ring (bicyclic) bond motifs is 2. The molecule has 4 atom stereocenters. The molecule has 0 aliphatic carbocycles. The Balaban J connectivity index is 2.01. The molecule has 2 bridgehead atoms. The average molecular weight is 282 g/mol. The molecule has 0 spiro atoms. The van der Waals surface area contributed by atoms with Crippen LogP contribution in [0.2, 0.25) is 0 Å². The van der Waals surface area contributed by atoms with E-state index < -0.39 is 5.97 Å². The minimum atomic E-state index is -0.713. The van der Waals surface area contributed by atoms with E-state index in [1.165, 1.54) is 0 Å². The van der Waals surface area contributed by atoms with Gasteiger partial charge in [0.1, 0.15) is 0 Å². The Morgan fingerprint density at radius 3 is 2.45 bits per heavy atom. The summed E-state index contributed by atoms with van der Waals surface area (Å²) in [6.07, 6.45) is 4.49. The molecule has 0 aromatic heterocycles. The lowest BCUT2D eigenvalue weighted by Gasteiger charge is -2.30. The van der Waals surface area contributed by atoms with Crippen LogP contribution in [0.1, 0.15) is 52.9 Å². The zero-order chi connectivity index (χ0) is 14.9. The molecule has 2 fully saturated rings. The molecule has 2 aliphatic heterocycles. The quantitative estimate of drug-likeness (QED) is 0.776. The van der Waals surface area contributed by atoms with Crippen molar-refractivity contribution >= 4 is 11.9 Å². The van der Waals surface area contributed by atoms with E-state index in [1.807, 2.05) is 6.92 Å². The van der Waals surface area contributed by atoms with Gasteiger partial charge in [-0.1, -0.05) is 13.8 Å². The Kier molecular flexibility index (Phi) is 4.68. The van der Waals surface area contributed by atoms with Crippen LogP contribution >= 0.6 is 0 Å². The van der Waals surface area contributed by atoms with Gasteiger partial charge in [0, 0.05) is 18.1 Å². The standard InChI is InChI=1S/C15H26N2O3/c1-4-10(5-2)16-14(18)9(3)17-11-6-7-13(17)12(8-11)15(19)20/h9-13H,4-8H2,1-3H3,(H,16,18)(H,19,20). The summed E-state index contributed by atoms with van der Waals surface area (Å²) in [4.78, 5) is 25.8. The number of carboxylic acid groups (broad SMARTS) is 1. The summed E-state index contributed by atoms with van der Waals surface area (Å²) in [6.45, 7) is 6.05. The molecule has 2 aliphatic rings. The smallest absolute Gasteiger partial charge is 0.308 e. The first-order valence-electron chi connectivity index (χ1n) is 7.80. The SMILES string of the molecule is CCC(CC)NC(=O)C(C)N1C2CCC1C(C(=O)O)C2. The fraction of sp³-hybridized carbons (Fsp3) is 0.867. The number of rotatable bonds is 6. The highest BCUT2D eigenvalue weighted by molar-refractivity contribution is 5.82. The summed E-state index contributed by atoms with van der Waals surface area (Å²) in [7, 11) is 0. The molecule has 2 heterocycles. The van der Waals surface area contributed by atoms with E-state index in [4.69, 9.17) is 0 Å². The first-order chi connectivity index (χ1) is 9.49. The van der Waals surface area contributed by atoms with Crippen LogP contribution in [-0.2, 0) is 9.59 Å². The van der Waals surface area contributed by atoms with Crippen molar-refractivity contribution in [2.75, 3.05) is 0 Å². The molecule has 20 heavy (non-hydrogen) atoms. The third kappa shape index (κ3) is 2.68. The Bertz CT molecular complexity index is 381. The molecule has 5 heteroatoms. The molecule has 0 aromatic carbocycles. The van der Waals surface area contributed by atoms with Crippen molar-refractivity contribution in [3.63, 3.8) is 0 Å². The molecular formula is C15H26N2O3. The lowest BCUT2D eigenvalue weighted by atomic mass is 9.89. The van der Waals surface area contributed by atoms with E-state index >= 15 is 0 Å². The summed E-state index contributed by atoms with van der Waals surface area (Å²) in [5.74, 6) is -0.964. The van der Waals surface area contributed by atoms with Crippen molar-refractivity contribution in [2.24, 2.45) is 5.92 Å². The second-order valence-corrected chi connectivity index (χ2v) is 6.12. The topological polar surface area (TPSA) is 69.6 Å². The Hall–Kier alpha value is -1.10. The summed E-state index contributed by atoms with van der Waals surface area (Å²) in [5.41, 5.74) is 0. The maximum Gasteiger partial charge on any atom is 0.308 e. The number of carbonyl (C=O) groups excluding carboxylic acids is 1. The van der Waals surface area contributed by atoms with Gasteiger partial charge in [0.15, 0.2) is 0 Å². The number of carboxylic acids is 1. The van der Waals surface area contributed by atoms with Gasteiger partial charge < -0.3 is 10.4 Å². The number of amides is 1. The van der Waals surface area contributed by atoms with Crippen LogP contribution in [0.15, 0.2) is 0 Å². The maximum absolute atomic E-state index is 12.4. The number of nitrogens with zero attached hydrogens (tertiary/aromatic N) is 1. The summed E-state index contributed by atoms with van der Waals surface area (Å²) in [5, 5.41) is 12.3. The number of hydrogen-bond acceptors (Lipinski definition) is 3. The van der Waals surface area contributed by atoms with Gasteiger partial charge in [-0.3, -0.25) is 14.5 Å². The second kappa shape index (κ2) is 6.12. The highest BCUT2D eigenvalue weighted by Gasteiger charge is 2.51. The zero-order valence-corrected chi connectivity index (χ0v) is 12.6. The van der Waals surface area contributed by atoms with Gasteiger partial charge in [0.25, 0.3) is 0 Å². The van der Waals surface area contributed by atoms with Crippen molar-refractivity contribution in [3.8, 4) is 0 Å².